The zero-order valence-electron chi connectivity index (χ0n) is 10.6. The SMILES string of the molecule is CC=Cc1c2cccccc-2c(=O)c2cnccc12. The predicted molar refractivity (Wildman–Crippen MR) is 79.3 cm³/mol. The average Bonchev–Trinajstić information content (AvgIpc) is 2.69. The Balaban J connectivity index is 2.63. The van der Waals surface area contributed by atoms with Crippen LogP contribution in [0, 0.1) is 0 Å². The molecule has 1 aromatic rings. The van der Waals surface area contributed by atoms with E-state index >= 15 is 0 Å². The Kier molecular flexibility index (Phi) is 2.84. The van der Waals surface area contributed by atoms with Gasteiger partial charge in [0.25, 0.3) is 0 Å². The molecular formula is C17H13NO. The summed E-state index contributed by atoms with van der Waals surface area (Å²) in [5, 5.41) is 1.63. The number of aromatic nitrogens is 1. The van der Waals surface area contributed by atoms with Crippen molar-refractivity contribution >= 4 is 16.8 Å². The van der Waals surface area contributed by atoms with Gasteiger partial charge in [-0.3, -0.25) is 9.78 Å². The normalized spacial score (nSPS) is 11.4. The highest BCUT2D eigenvalue weighted by molar-refractivity contribution is 5.99. The van der Waals surface area contributed by atoms with Crippen molar-refractivity contribution in [3.63, 3.8) is 0 Å². The van der Waals surface area contributed by atoms with Gasteiger partial charge in [-0.2, -0.15) is 0 Å². The van der Waals surface area contributed by atoms with Gasteiger partial charge < -0.3 is 0 Å². The van der Waals surface area contributed by atoms with Crippen LogP contribution in [-0.4, -0.2) is 4.98 Å². The fourth-order valence-electron chi connectivity index (χ4n) is 2.43. The van der Waals surface area contributed by atoms with Crippen LogP contribution < -0.4 is 5.43 Å². The zero-order valence-corrected chi connectivity index (χ0v) is 10.6. The summed E-state index contributed by atoms with van der Waals surface area (Å²) in [6, 6.07) is 11.6. The van der Waals surface area contributed by atoms with E-state index < -0.39 is 0 Å². The molecule has 0 radical (unpaired) electrons. The molecular weight excluding hydrogens is 234 g/mol. The second-order valence-corrected chi connectivity index (χ2v) is 4.40. The lowest BCUT2D eigenvalue weighted by atomic mass is 9.93. The molecule has 0 atom stereocenters. The lowest BCUT2D eigenvalue weighted by molar-refractivity contribution is 1.36. The van der Waals surface area contributed by atoms with E-state index in [0.29, 0.717) is 5.39 Å². The maximum atomic E-state index is 12.5. The number of hydrogen-bond acceptors (Lipinski definition) is 2. The molecule has 0 saturated carbocycles. The summed E-state index contributed by atoms with van der Waals surface area (Å²) in [5.41, 5.74) is 2.83. The van der Waals surface area contributed by atoms with Crippen molar-refractivity contribution in [3.05, 3.63) is 70.7 Å². The minimum atomic E-state index is 0.0440. The summed E-state index contributed by atoms with van der Waals surface area (Å²) < 4.78 is 0. The van der Waals surface area contributed by atoms with E-state index in [1.54, 1.807) is 12.4 Å². The van der Waals surface area contributed by atoms with E-state index in [-0.39, 0.29) is 5.43 Å². The molecule has 2 aliphatic carbocycles. The number of fused-ring (bicyclic) bond motifs is 2. The molecule has 1 aromatic heterocycles. The van der Waals surface area contributed by atoms with Crippen LogP contribution in [0.1, 0.15) is 12.5 Å². The van der Waals surface area contributed by atoms with Gasteiger partial charge in [0.15, 0.2) is 5.43 Å². The highest BCUT2D eigenvalue weighted by atomic mass is 16.1. The molecule has 2 heteroatoms. The second kappa shape index (κ2) is 4.65. The van der Waals surface area contributed by atoms with E-state index in [9.17, 15) is 4.79 Å². The Morgan fingerprint density at radius 3 is 2.58 bits per heavy atom. The van der Waals surface area contributed by atoms with Gasteiger partial charge in [0.05, 0.1) is 0 Å². The van der Waals surface area contributed by atoms with Gasteiger partial charge in [-0.15, -0.1) is 0 Å². The van der Waals surface area contributed by atoms with Crippen molar-refractivity contribution in [2.24, 2.45) is 0 Å². The highest BCUT2D eigenvalue weighted by Crippen LogP contribution is 2.29. The maximum absolute atomic E-state index is 12.5. The Hall–Kier alpha value is -2.48. The highest BCUT2D eigenvalue weighted by Gasteiger charge is 2.14. The first-order chi connectivity index (χ1) is 9.33. The van der Waals surface area contributed by atoms with Crippen LogP contribution in [0.4, 0.5) is 0 Å². The van der Waals surface area contributed by atoms with Crippen LogP contribution in [0.5, 0.6) is 0 Å². The predicted octanol–water partition coefficient (Wildman–Crippen LogP) is 3.73. The number of hydrogen-bond donors (Lipinski definition) is 0. The molecule has 0 fully saturated rings. The molecule has 0 bridgehead atoms. The second-order valence-electron chi connectivity index (χ2n) is 4.40. The van der Waals surface area contributed by atoms with Crippen molar-refractivity contribution in [2.75, 3.05) is 0 Å². The van der Waals surface area contributed by atoms with Gasteiger partial charge in [-0.05, 0) is 29.5 Å². The number of allylic oxidation sites excluding steroid dienone is 1. The Bertz CT molecular complexity index is 805. The number of rotatable bonds is 1. The van der Waals surface area contributed by atoms with Crippen LogP contribution in [-0.2, 0) is 0 Å². The van der Waals surface area contributed by atoms with Crippen LogP contribution in [0.3, 0.4) is 0 Å². The van der Waals surface area contributed by atoms with E-state index in [1.807, 2.05) is 55.5 Å². The Morgan fingerprint density at radius 1 is 1.00 bits per heavy atom. The molecule has 0 spiro atoms. The third-order valence-corrected chi connectivity index (χ3v) is 3.26. The standard InChI is InChI=1S/C17H13NO/c1-2-6-12-13-7-4-3-5-8-15(13)17(19)16-11-18-10-9-14(12)16/h2-11H,1H3. The topological polar surface area (TPSA) is 30.0 Å². The molecule has 0 aromatic carbocycles. The molecule has 3 rings (SSSR count). The van der Waals surface area contributed by atoms with Crippen LogP contribution in [0.15, 0.2) is 59.7 Å². The van der Waals surface area contributed by atoms with E-state index in [0.717, 1.165) is 22.1 Å². The molecule has 92 valence electrons. The van der Waals surface area contributed by atoms with Crippen molar-refractivity contribution < 1.29 is 0 Å². The summed E-state index contributed by atoms with van der Waals surface area (Å²) in [6.45, 7) is 1.98. The van der Waals surface area contributed by atoms with Crippen LogP contribution in [0.25, 0.3) is 28.0 Å². The van der Waals surface area contributed by atoms with Gasteiger partial charge in [0.1, 0.15) is 0 Å². The van der Waals surface area contributed by atoms with Crippen molar-refractivity contribution in [3.8, 4) is 11.1 Å². The van der Waals surface area contributed by atoms with E-state index in [1.165, 1.54) is 0 Å². The largest absolute Gasteiger partial charge is 0.289 e. The molecule has 0 saturated heterocycles. The summed E-state index contributed by atoms with van der Waals surface area (Å²) in [4.78, 5) is 16.6. The third kappa shape index (κ3) is 1.82. The Labute approximate surface area is 111 Å². The van der Waals surface area contributed by atoms with E-state index in [2.05, 4.69) is 4.98 Å². The summed E-state index contributed by atoms with van der Waals surface area (Å²) in [6.07, 6.45) is 7.41. The minimum absolute atomic E-state index is 0.0440. The van der Waals surface area contributed by atoms with Gasteiger partial charge in [0.2, 0.25) is 0 Å². The first-order valence-electron chi connectivity index (χ1n) is 6.24. The lowest BCUT2D eigenvalue weighted by Gasteiger charge is -2.09. The molecule has 2 aliphatic rings. The number of benzene rings is 1. The molecule has 0 amide bonds. The monoisotopic (exact) mass is 247 g/mol. The van der Waals surface area contributed by atoms with Crippen molar-refractivity contribution in [1.82, 2.24) is 4.98 Å². The number of pyridine rings is 1. The molecule has 1 heterocycles. The summed E-state index contributed by atoms with van der Waals surface area (Å²) in [5.74, 6) is 0. The van der Waals surface area contributed by atoms with Gasteiger partial charge in [-0.25, -0.2) is 0 Å². The van der Waals surface area contributed by atoms with Crippen LogP contribution in [0.2, 0.25) is 0 Å². The molecule has 19 heavy (non-hydrogen) atoms. The first-order valence-corrected chi connectivity index (χ1v) is 6.24. The van der Waals surface area contributed by atoms with Gasteiger partial charge in [-0.1, -0.05) is 42.5 Å². The van der Waals surface area contributed by atoms with Crippen LogP contribution >= 0.6 is 0 Å². The summed E-state index contributed by atoms with van der Waals surface area (Å²) >= 11 is 0. The summed E-state index contributed by atoms with van der Waals surface area (Å²) in [7, 11) is 0. The van der Waals surface area contributed by atoms with Gasteiger partial charge in [0, 0.05) is 23.3 Å². The fourth-order valence-corrected chi connectivity index (χ4v) is 2.43. The lowest BCUT2D eigenvalue weighted by Crippen LogP contribution is -2.07. The molecule has 0 aliphatic heterocycles. The zero-order chi connectivity index (χ0) is 13.2. The number of nitrogens with zero attached hydrogens (tertiary/aromatic N) is 1. The maximum Gasteiger partial charge on any atom is 0.195 e. The van der Waals surface area contributed by atoms with E-state index in [4.69, 9.17) is 0 Å². The fraction of sp³-hybridized carbons (Fsp3) is 0.0588. The molecule has 2 nitrogen and oxygen atoms in total. The minimum Gasteiger partial charge on any atom is -0.289 e. The first kappa shape index (κ1) is 11.6. The van der Waals surface area contributed by atoms with Crippen molar-refractivity contribution in [1.29, 1.82) is 0 Å². The Morgan fingerprint density at radius 2 is 1.79 bits per heavy atom. The van der Waals surface area contributed by atoms with Crippen molar-refractivity contribution in [2.45, 2.75) is 6.92 Å². The third-order valence-electron chi connectivity index (χ3n) is 3.26. The average molecular weight is 247 g/mol. The molecule has 0 N–H and O–H groups in total. The quantitative estimate of drug-likeness (QED) is 0.655. The molecule has 0 unspecified atom stereocenters. The van der Waals surface area contributed by atoms with Gasteiger partial charge >= 0.3 is 0 Å². The smallest absolute Gasteiger partial charge is 0.195 e.